The van der Waals surface area contributed by atoms with Gasteiger partial charge in [-0.2, -0.15) is 0 Å². The molecule has 2 fully saturated rings. The van der Waals surface area contributed by atoms with Gasteiger partial charge in [0.25, 0.3) is 0 Å². The highest BCUT2D eigenvalue weighted by atomic mass is 79.9. The van der Waals surface area contributed by atoms with Gasteiger partial charge in [-0.25, -0.2) is 0 Å². The summed E-state index contributed by atoms with van der Waals surface area (Å²) in [6, 6.07) is 8.41. The van der Waals surface area contributed by atoms with E-state index < -0.39 is 0 Å². The summed E-state index contributed by atoms with van der Waals surface area (Å²) in [6.07, 6.45) is 6.32. The number of piperidine rings is 1. The fraction of sp³-hybridized carbons (Fsp3) is 0.632. The van der Waals surface area contributed by atoms with Gasteiger partial charge in [0.2, 0.25) is 5.91 Å². The van der Waals surface area contributed by atoms with Gasteiger partial charge in [-0.1, -0.05) is 22.0 Å². The number of carbonyl (C=O) groups is 1. The molecule has 4 nitrogen and oxygen atoms in total. The maximum absolute atomic E-state index is 12.3. The van der Waals surface area contributed by atoms with Gasteiger partial charge in [-0.15, -0.1) is 0 Å². The van der Waals surface area contributed by atoms with Crippen molar-refractivity contribution in [3.8, 4) is 5.75 Å². The van der Waals surface area contributed by atoms with Gasteiger partial charge >= 0.3 is 0 Å². The molecular weight excluding hydrogens is 368 g/mol. The number of nitrogens with zero attached hydrogens (tertiary/aromatic N) is 1. The summed E-state index contributed by atoms with van der Waals surface area (Å²) in [5.74, 6) is 2.04. The van der Waals surface area contributed by atoms with Crippen molar-refractivity contribution in [2.75, 3.05) is 26.2 Å². The van der Waals surface area contributed by atoms with Crippen LogP contribution in [0.2, 0.25) is 0 Å². The molecular formula is C19H27BrN2O2. The van der Waals surface area contributed by atoms with E-state index >= 15 is 0 Å². The molecule has 132 valence electrons. The highest BCUT2D eigenvalue weighted by Crippen LogP contribution is 2.28. The molecule has 1 heterocycles. The molecule has 0 bridgehead atoms. The van der Waals surface area contributed by atoms with Crippen LogP contribution in [0.3, 0.4) is 0 Å². The van der Waals surface area contributed by atoms with Crippen molar-refractivity contribution in [3.05, 3.63) is 28.7 Å². The molecule has 1 N–H and O–H groups in total. The van der Waals surface area contributed by atoms with Crippen molar-refractivity contribution < 1.29 is 9.53 Å². The Morgan fingerprint density at radius 3 is 2.75 bits per heavy atom. The van der Waals surface area contributed by atoms with E-state index in [2.05, 4.69) is 21.2 Å². The summed E-state index contributed by atoms with van der Waals surface area (Å²) in [4.78, 5) is 14.3. The molecule has 0 spiro atoms. The number of halogens is 1. The highest BCUT2D eigenvalue weighted by molar-refractivity contribution is 9.10. The first-order valence-corrected chi connectivity index (χ1v) is 9.89. The molecule has 1 aromatic carbocycles. The predicted molar refractivity (Wildman–Crippen MR) is 99.2 cm³/mol. The maximum Gasteiger partial charge on any atom is 0.222 e. The fourth-order valence-corrected chi connectivity index (χ4v) is 3.49. The van der Waals surface area contributed by atoms with E-state index in [-0.39, 0.29) is 5.91 Å². The molecule has 24 heavy (non-hydrogen) atoms. The van der Waals surface area contributed by atoms with Crippen LogP contribution in [0.25, 0.3) is 0 Å². The van der Waals surface area contributed by atoms with E-state index in [1.165, 1.54) is 19.4 Å². The van der Waals surface area contributed by atoms with Crippen LogP contribution in [0, 0.1) is 5.92 Å². The van der Waals surface area contributed by atoms with Crippen LogP contribution in [0.4, 0.5) is 0 Å². The normalized spacial score (nSPS) is 18.6. The summed E-state index contributed by atoms with van der Waals surface area (Å²) < 4.78 is 6.70. The highest BCUT2D eigenvalue weighted by Gasteiger charge is 2.25. The van der Waals surface area contributed by atoms with Crippen molar-refractivity contribution in [3.63, 3.8) is 0 Å². The molecule has 0 radical (unpaired) electrons. The molecule has 1 aliphatic carbocycles. The lowest BCUT2D eigenvalue weighted by Crippen LogP contribution is -2.45. The molecule has 1 saturated carbocycles. The van der Waals surface area contributed by atoms with E-state index in [1.807, 2.05) is 29.2 Å². The van der Waals surface area contributed by atoms with Crippen molar-refractivity contribution in [2.24, 2.45) is 5.92 Å². The van der Waals surface area contributed by atoms with Crippen molar-refractivity contribution in [1.82, 2.24) is 10.2 Å². The van der Waals surface area contributed by atoms with Gasteiger partial charge in [0.15, 0.2) is 0 Å². The molecule has 1 saturated heterocycles. The number of amides is 1. The number of likely N-dealkylation sites (tertiary alicyclic amines) is 1. The number of nitrogens with one attached hydrogen (secondary N) is 1. The first kappa shape index (κ1) is 17.7. The van der Waals surface area contributed by atoms with Crippen molar-refractivity contribution in [1.29, 1.82) is 0 Å². The van der Waals surface area contributed by atoms with Gasteiger partial charge in [0.1, 0.15) is 5.75 Å². The zero-order chi connectivity index (χ0) is 16.8. The first-order chi connectivity index (χ1) is 11.7. The van der Waals surface area contributed by atoms with Crippen LogP contribution in [-0.2, 0) is 4.79 Å². The fourth-order valence-electron chi connectivity index (χ4n) is 3.12. The zero-order valence-corrected chi connectivity index (χ0v) is 15.8. The maximum atomic E-state index is 12.3. The molecule has 1 amide bonds. The Morgan fingerprint density at radius 1 is 1.25 bits per heavy atom. The topological polar surface area (TPSA) is 41.6 Å². The second-order valence-electron chi connectivity index (χ2n) is 6.92. The van der Waals surface area contributed by atoms with Crippen LogP contribution in [-0.4, -0.2) is 43.1 Å². The number of rotatable bonds is 8. The molecule has 1 aliphatic heterocycles. The smallest absolute Gasteiger partial charge is 0.222 e. The largest absolute Gasteiger partial charge is 0.494 e. The Balaban J connectivity index is 1.28. The summed E-state index contributed by atoms with van der Waals surface area (Å²) in [7, 11) is 0. The Bertz CT molecular complexity index is 540. The van der Waals surface area contributed by atoms with Gasteiger partial charge in [-0.3, -0.25) is 4.79 Å². The number of ether oxygens (including phenoxy) is 1. The number of hydrogen-bond acceptors (Lipinski definition) is 3. The van der Waals surface area contributed by atoms with Gasteiger partial charge in [-0.05, 0) is 62.8 Å². The average molecular weight is 395 g/mol. The summed E-state index contributed by atoms with van der Waals surface area (Å²) >= 11 is 3.43. The lowest BCUT2D eigenvalue weighted by Gasteiger charge is -2.32. The van der Waals surface area contributed by atoms with E-state index in [0.717, 1.165) is 48.5 Å². The Kier molecular flexibility index (Phi) is 6.55. The van der Waals surface area contributed by atoms with E-state index in [9.17, 15) is 4.79 Å². The van der Waals surface area contributed by atoms with Crippen LogP contribution < -0.4 is 10.1 Å². The average Bonchev–Trinajstić information content (AvgIpc) is 3.42. The number of hydrogen-bond donors (Lipinski definition) is 1. The standard InChI is InChI=1S/C19H27BrN2O2/c20-16-3-1-4-18(13-16)24-12-2-5-19(23)22-10-8-17(9-11-22)21-14-15-6-7-15/h1,3-4,13,15,17,21H,2,5-12,14H2. The number of carbonyl (C=O) groups excluding carboxylic acids is 1. The Morgan fingerprint density at radius 2 is 2.04 bits per heavy atom. The predicted octanol–water partition coefficient (Wildman–Crippen LogP) is 3.60. The lowest BCUT2D eigenvalue weighted by atomic mass is 10.0. The second kappa shape index (κ2) is 8.86. The van der Waals surface area contributed by atoms with Gasteiger partial charge in [0, 0.05) is 30.0 Å². The summed E-state index contributed by atoms with van der Waals surface area (Å²) in [5.41, 5.74) is 0. The third kappa shape index (κ3) is 5.78. The minimum atomic E-state index is 0.272. The van der Waals surface area contributed by atoms with Crippen LogP contribution in [0.5, 0.6) is 5.75 Å². The SMILES string of the molecule is O=C(CCCOc1cccc(Br)c1)N1CCC(NCC2CC2)CC1. The first-order valence-electron chi connectivity index (χ1n) is 9.10. The second-order valence-corrected chi connectivity index (χ2v) is 7.83. The van der Waals surface area contributed by atoms with Gasteiger partial charge in [0.05, 0.1) is 6.61 Å². The Hall–Kier alpha value is -1.07. The third-order valence-corrected chi connectivity index (χ3v) is 5.33. The quantitative estimate of drug-likeness (QED) is 0.684. The molecule has 5 heteroatoms. The van der Waals surface area contributed by atoms with E-state index in [0.29, 0.717) is 19.1 Å². The molecule has 3 rings (SSSR count). The monoisotopic (exact) mass is 394 g/mol. The zero-order valence-electron chi connectivity index (χ0n) is 14.2. The minimum absolute atomic E-state index is 0.272. The van der Waals surface area contributed by atoms with Gasteiger partial charge < -0.3 is 15.0 Å². The summed E-state index contributed by atoms with van der Waals surface area (Å²) in [5, 5.41) is 3.66. The van der Waals surface area contributed by atoms with Crippen molar-refractivity contribution in [2.45, 2.75) is 44.6 Å². The van der Waals surface area contributed by atoms with E-state index in [1.54, 1.807) is 0 Å². The van der Waals surface area contributed by atoms with E-state index in [4.69, 9.17) is 4.74 Å². The Labute approximate surface area is 153 Å². The molecule has 2 aliphatic rings. The number of benzene rings is 1. The lowest BCUT2D eigenvalue weighted by molar-refractivity contribution is -0.132. The molecule has 0 atom stereocenters. The van der Waals surface area contributed by atoms with Crippen LogP contribution in [0.1, 0.15) is 38.5 Å². The third-order valence-electron chi connectivity index (χ3n) is 4.84. The molecule has 0 unspecified atom stereocenters. The molecule has 1 aromatic rings. The van der Waals surface area contributed by atoms with Crippen LogP contribution in [0.15, 0.2) is 28.7 Å². The van der Waals surface area contributed by atoms with Crippen molar-refractivity contribution >= 4 is 21.8 Å². The molecule has 0 aromatic heterocycles. The summed E-state index contributed by atoms with van der Waals surface area (Å²) in [6.45, 7) is 3.55. The van der Waals surface area contributed by atoms with Crippen LogP contribution >= 0.6 is 15.9 Å². The minimum Gasteiger partial charge on any atom is -0.494 e.